The molecule has 0 fully saturated rings. The number of nitrogens with zero attached hydrogens (tertiary/aromatic N) is 2. The van der Waals surface area contributed by atoms with Crippen LogP contribution in [0.4, 0.5) is 28.4 Å². The largest absolute Gasteiger partial charge is 0.457 e. The lowest BCUT2D eigenvalue weighted by Gasteiger charge is -2.59. The van der Waals surface area contributed by atoms with Crippen molar-refractivity contribution in [3.8, 4) is 33.8 Å². The van der Waals surface area contributed by atoms with Gasteiger partial charge in [0.1, 0.15) is 22.7 Å². The number of halogens is 1. The van der Waals surface area contributed by atoms with E-state index in [0.717, 1.165) is 50.4 Å². The molecule has 0 saturated heterocycles. The van der Waals surface area contributed by atoms with Crippen molar-refractivity contribution in [3.63, 3.8) is 0 Å². The van der Waals surface area contributed by atoms with Crippen molar-refractivity contribution in [2.75, 3.05) is 22.2 Å². The molecule has 0 radical (unpaired) electrons. The van der Waals surface area contributed by atoms with Gasteiger partial charge in [0.2, 0.25) is 0 Å². The Balaban J connectivity index is 1.19. The number of hydrogen-bond acceptors (Lipinski definition) is 4. The summed E-state index contributed by atoms with van der Waals surface area (Å²) in [6.07, 6.45) is 2.38. The van der Waals surface area contributed by atoms with E-state index in [9.17, 15) is 0 Å². The van der Waals surface area contributed by atoms with Gasteiger partial charge in [-0.05, 0) is 116 Å². The van der Waals surface area contributed by atoms with Crippen LogP contribution in [0.2, 0.25) is 0 Å². The molecule has 0 saturated carbocycles. The van der Waals surface area contributed by atoms with Crippen LogP contribution in [0, 0.1) is 0 Å². The Labute approximate surface area is 362 Å². The van der Waals surface area contributed by atoms with Crippen LogP contribution in [-0.2, 0) is 5.41 Å². The van der Waals surface area contributed by atoms with E-state index in [4.69, 9.17) is 9.15 Å². The van der Waals surface area contributed by atoms with Gasteiger partial charge in [-0.15, -0.1) is 0 Å². The number of rotatable bonds is 2. The summed E-state index contributed by atoms with van der Waals surface area (Å²) in [4.78, 5) is 8.06. The number of ether oxygens (including phenoxy) is 1. The maximum Gasteiger partial charge on any atom is 0.333 e. The van der Waals surface area contributed by atoms with E-state index in [0.29, 0.717) is 0 Å². The summed E-state index contributed by atoms with van der Waals surface area (Å²) in [5.74, 6) is 1.81. The standard InChI is InChI=1S/C53H40BIN2O2S/c1-53(2)37-18-9-12-22-44(37)59-45-29-36-41(30-38(45)53)57(34-27-25-33(26-28-34)32-15-6-5-7-16-32)54-39-19-14-24-48-52(39)56(40-20-10-13-23-47(40)60(48,3,4)55)42-31-46-49(50(36)51(42)54)35-17-8-11-21-43(35)58-46/h5-31,60H,1-4H3. The van der Waals surface area contributed by atoms with Crippen molar-refractivity contribution >= 4 is 95.7 Å². The maximum absolute atomic E-state index is 6.93. The topological polar surface area (TPSA) is 28.9 Å². The van der Waals surface area contributed by atoms with Gasteiger partial charge in [-0.1, -0.05) is 117 Å². The minimum atomic E-state index is -2.66. The second kappa shape index (κ2) is 11.7. The van der Waals surface area contributed by atoms with Gasteiger partial charge < -0.3 is 18.9 Å². The molecule has 13 rings (SSSR count). The van der Waals surface area contributed by atoms with Crippen LogP contribution in [0.25, 0.3) is 44.2 Å². The molecule has 0 amide bonds. The minimum absolute atomic E-state index is 0.138. The van der Waals surface area contributed by atoms with Crippen LogP contribution in [0.5, 0.6) is 11.5 Å². The first kappa shape index (κ1) is 34.9. The highest BCUT2D eigenvalue weighted by molar-refractivity contribution is 14.2. The van der Waals surface area contributed by atoms with Crippen LogP contribution < -0.4 is 25.4 Å². The number of fused-ring (bicyclic) bond motifs is 12. The molecule has 60 heavy (non-hydrogen) atoms. The van der Waals surface area contributed by atoms with Crippen LogP contribution in [-0.4, -0.2) is 19.4 Å². The minimum Gasteiger partial charge on any atom is -0.457 e. The summed E-state index contributed by atoms with van der Waals surface area (Å²) in [5, 5.41) is 2.27. The predicted molar refractivity (Wildman–Crippen MR) is 263 cm³/mol. The third-order valence-corrected chi connectivity index (χ3v) is 20.5. The number of hydrogen-bond donors (Lipinski definition) is 1. The van der Waals surface area contributed by atoms with E-state index < -0.39 is 6.33 Å². The molecule has 0 unspecified atom stereocenters. The Morgan fingerprint density at radius 1 is 0.600 bits per heavy atom. The zero-order chi connectivity index (χ0) is 40.3. The fourth-order valence-electron chi connectivity index (χ4n) is 11.0. The number of anilines is 5. The molecule has 0 aliphatic carbocycles. The highest BCUT2D eigenvalue weighted by Crippen LogP contribution is 2.87. The summed E-state index contributed by atoms with van der Waals surface area (Å²) in [6.45, 7) is 4.54. The Hall–Kier alpha value is -5.90. The quantitative estimate of drug-likeness (QED) is 0.106. The normalized spacial score (nSPS) is 17.3. The van der Waals surface area contributed by atoms with Gasteiger partial charge in [0.25, 0.3) is 0 Å². The monoisotopic (exact) mass is 906 g/mol. The van der Waals surface area contributed by atoms with Gasteiger partial charge >= 0.3 is 6.85 Å². The van der Waals surface area contributed by atoms with Crippen molar-refractivity contribution in [2.24, 2.45) is 0 Å². The third-order valence-electron chi connectivity index (χ3n) is 13.9. The van der Waals surface area contributed by atoms with Gasteiger partial charge in [-0.3, -0.25) is 0 Å². The molecule has 4 aliphatic heterocycles. The van der Waals surface area contributed by atoms with Crippen molar-refractivity contribution in [1.29, 1.82) is 0 Å². The number of furan rings is 1. The van der Waals surface area contributed by atoms with Gasteiger partial charge in [-0.25, -0.2) is 6.33 Å². The molecule has 8 aromatic carbocycles. The number of benzene rings is 8. The maximum atomic E-state index is 6.93. The van der Waals surface area contributed by atoms with Crippen molar-refractivity contribution in [2.45, 2.75) is 29.1 Å². The molecule has 0 spiro atoms. The van der Waals surface area contributed by atoms with Crippen molar-refractivity contribution in [3.05, 3.63) is 175 Å². The van der Waals surface area contributed by atoms with Crippen LogP contribution in [0.1, 0.15) is 25.0 Å². The van der Waals surface area contributed by atoms with Crippen LogP contribution in [0.3, 0.4) is 0 Å². The Kier molecular flexibility index (Phi) is 6.80. The van der Waals surface area contributed by atoms with Gasteiger partial charge in [0.15, 0.2) is 0 Å². The summed E-state index contributed by atoms with van der Waals surface area (Å²) in [5.41, 5.74) is 17.3. The van der Waals surface area contributed by atoms with E-state index in [2.05, 4.69) is 221 Å². The molecule has 7 heteroatoms. The summed E-state index contributed by atoms with van der Waals surface area (Å²) >= 11 is 2.85. The molecule has 290 valence electrons. The van der Waals surface area contributed by atoms with Gasteiger partial charge in [0, 0.05) is 65.8 Å². The van der Waals surface area contributed by atoms with E-state index in [1.807, 2.05) is 0 Å². The lowest BCUT2D eigenvalue weighted by molar-refractivity contribution is 0.418. The van der Waals surface area contributed by atoms with E-state index in [1.165, 1.54) is 65.6 Å². The molecule has 0 atom stereocenters. The highest BCUT2D eigenvalue weighted by atomic mass is 127. The average molecular weight is 907 g/mol. The van der Waals surface area contributed by atoms with E-state index in [1.54, 1.807) is 0 Å². The SMILES string of the molecule is CC1(C)c2ccccc2Oc2cc3c(cc21)N(c1ccc(-c2ccccc2)cc1)B1c2cccc4c2N(c2ccccc2[SH]4(C)(C)I)c2cc4oc5ccccc5c4c-3c21. The molecule has 0 N–H and O–H groups in total. The Morgan fingerprint density at radius 2 is 1.32 bits per heavy atom. The van der Waals surface area contributed by atoms with Crippen molar-refractivity contribution in [1.82, 2.24) is 0 Å². The first-order valence-corrected chi connectivity index (χ1v) is 26.6. The molecule has 1 aromatic heterocycles. The first-order chi connectivity index (χ1) is 29.1. The van der Waals surface area contributed by atoms with Gasteiger partial charge in [0.05, 0.1) is 11.4 Å². The lowest BCUT2D eigenvalue weighted by atomic mass is 9.43. The summed E-state index contributed by atoms with van der Waals surface area (Å²) < 4.78 is 13.8. The van der Waals surface area contributed by atoms with E-state index in [-0.39, 0.29) is 12.3 Å². The predicted octanol–water partition coefficient (Wildman–Crippen LogP) is 13.8. The number of para-hydroxylation sites is 4. The summed E-state index contributed by atoms with van der Waals surface area (Å²) in [6, 6.07) is 60.3. The fourth-order valence-corrected chi connectivity index (χ4v) is 16.4. The van der Waals surface area contributed by atoms with E-state index >= 15 is 0 Å². The molecule has 0 bridgehead atoms. The molecular weight excluding hydrogens is 866 g/mol. The Bertz CT molecular complexity index is 3350. The second-order valence-corrected chi connectivity index (χ2v) is 31.5. The highest BCUT2D eigenvalue weighted by Gasteiger charge is 2.52. The molecule has 5 heterocycles. The average Bonchev–Trinajstić information content (AvgIpc) is 3.64. The van der Waals surface area contributed by atoms with Gasteiger partial charge in [-0.2, -0.15) is 0 Å². The molecular formula is C53H40BIN2O2S. The number of thiol groups is 1. The molecule has 4 nitrogen and oxygen atoms in total. The Morgan fingerprint density at radius 3 is 2.17 bits per heavy atom. The molecule has 4 aliphatic rings. The third kappa shape index (κ3) is 4.44. The zero-order valence-corrected chi connectivity index (χ0v) is 36.8. The fraction of sp³-hybridized carbons (Fsp3) is 0.0943. The van der Waals surface area contributed by atoms with Crippen LogP contribution in [0.15, 0.2) is 178 Å². The first-order valence-electron chi connectivity index (χ1n) is 20.7. The lowest BCUT2D eigenvalue weighted by Crippen LogP contribution is -2.62. The molecule has 9 aromatic rings. The summed E-state index contributed by atoms with van der Waals surface area (Å²) in [7, 11) is 0. The van der Waals surface area contributed by atoms with Crippen molar-refractivity contribution < 1.29 is 9.15 Å². The smallest absolute Gasteiger partial charge is 0.333 e. The zero-order valence-electron chi connectivity index (χ0n) is 33.7. The second-order valence-electron chi connectivity index (χ2n) is 17.9. The van der Waals surface area contributed by atoms with Crippen LogP contribution >= 0.6 is 27.5 Å².